The van der Waals surface area contributed by atoms with Crippen LogP contribution in [-0.4, -0.2) is 17.1 Å². The van der Waals surface area contributed by atoms with E-state index in [1.165, 1.54) is 28.5 Å². The van der Waals surface area contributed by atoms with Gasteiger partial charge in [0, 0.05) is 5.69 Å². The van der Waals surface area contributed by atoms with Crippen molar-refractivity contribution < 1.29 is 14.0 Å². The minimum atomic E-state index is -0.541. The molecule has 0 bridgehead atoms. The maximum absolute atomic E-state index is 13.7. The first kappa shape index (κ1) is 25.3. The van der Waals surface area contributed by atoms with Crippen molar-refractivity contribution in [1.82, 2.24) is 5.32 Å². The Balaban J connectivity index is 1.67. The van der Waals surface area contributed by atoms with Gasteiger partial charge in [0.25, 0.3) is 5.91 Å². The highest BCUT2D eigenvalue weighted by Gasteiger charge is 2.40. The third kappa shape index (κ3) is 5.55. The maximum atomic E-state index is 13.7. The molecule has 2 heterocycles. The second-order valence-electron chi connectivity index (χ2n) is 8.95. The Bertz CT molecular complexity index is 1290. The van der Waals surface area contributed by atoms with Crippen LogP contribution in [0.4, 0.5) is 5.69 Å². The number of amides is 2. The van der Waals surface area contributed by atoms with E-state index in [4.69, 9.17) is 4.42 Å². The third-order valence-electron chi connectivity index (χ3n) is 6.18. The number of carbonyl (C=O) groups excluding carboxylic acids is 2. The first-order chi connectivity index (χ1) is 17.4. The molecule has 184 valence electrons. The summed E-state index contributed by atoms with van der Waals surface area (Å²) >= 11 is 1.27. The number of aryl methyl sites for hydroxylation is 1. The monoisotopic (exact) mass is 499 g/mol. The first-order valence-electron chi connectivity index (χ1n) is 12.0. The van der Waals surface area contributed by atoms with Gasteiger partial charge in [-0.15, -0.1) is 0 Å². The molecule has 1 aromatic heterocycles. The number of nitriles is 1. The van der Waals surface area contributed by atoms with Crippen LogP contribution in [0.5, 0.6) is 0 Å². The van der Waals surface area contributed by atoms with Crippen LogP contribution >= 0.6 is 11.8 Å². The molecule has 1 atom stereocenters. The summed E-state index contributed by atoms with van der Waals surface area (Å²) in [6.07, 6.45) is 2.98. The van der Waals surface area contributed by atoms with E-state index in [0.29, 0.717) is 28.8 Å². The summed E-state index contributed by atoms with van der Waals surface area (Å²) in [7, 11) is 0. The van der Waals surface area contributed by atoms with Gasteiger partial charge < -0.3 is 9.73 Å². The molecular formula is C29H29N3O3S. The summed E-state index contributed by atoms with van der Waals surface area (Å²) in [6.45, 7) is 6.47. The molecule has 3 aromatic rings. The minimum absolute atomic E-state index is 0.0864. The number of carbonyl (C=O) groups is 2. The Morgan fingerprint density at radius 3 is 2.39 bits per heavy atom. The summed E-state index contributed by atoms with van der Waals surface area (Å²) in [5.74, 6) is 0.244. The average molecular weight is 500 g/mol. The number of rotatable bonds is 8. The predicted molar refractivity (Wildman–Crippen MR) is 142 cm³/mol. The molecule has 0 aliphatic carbocycles. The van der Waals surface area contributed by atoms with Crippen LogP contribution < -0.4 is 10.2 Å². The standard InChI is InChI=1S/C29H29N3O3S/c1-4-20-7-9-21(10-8-20)16-26-28(34)32(23-13-11-22(12-14-23)19(2)3)29(36-26)25(17-30)27(33)31-18-24-6-5-15-35-24/h5-15,19,26H,4,16,18H2,1-3H3,(H,31,33)/b29-25-. The lowest BCUT2D eigenvalue weighted by Gasteiger charge is -2.19. The van der Waals surface area contributed by atoms with Gasteiger partial charge in [-0.3, -0.25) is 14.5 Å². The Morgan fingerprint density at radius 1 is 1.11 bits per heavy atom. The number of hydrogen-bond acceptors (Lipinski definition) is 5. The Hall–Kier alpha value is -3.76. The van der Waals surface area contributed by atoms with E-state index < -0.39 is 11.2 Å². The largest absolute Gasteiger partial charge is 0.467 e. The van der Waals surface area contributed by atoms with E-state index in [2.05, 4.69) is 38.2 Å². The minimum Gasteiger partial charge on any atom is -0.467 e. The SMILES string of the molecule is CCc1ccc(CC2S/C(=C(/C#N)C(=O)NCc3ccco3)N(c3ccc(C(C)C)cc3)C2=O)cc1. The van der Waals surface area contributed by atoms with Crippen molar-refractivity contribution in [1.29, 1.82) is 5.26 Å². The fourth-order valence-corrected chi connectivity index (χ4v) is 5.33. The Morgan fingerprint density at radius 2 is 1.81 bits per heavy atom. The average Bonchev–Trinajstić information content (AvgIpc) is 3.52. The number of nitrogens with zero attached hydrogens (tertiary/aromatic N) is 2. The normalized spacial score (nSPS) is 16.8. The van der Waals surface area contributed by atoms with Gasteiger partial charge in [0.1, 0.15) is 22.4 Å². The summed E-state index contributed by atoms with van der Waals surface area (Å²) in [5.41, 5.74) is 3.97. The topological polar surface area (TPSA) is 86.3 Å². The van der Waals surface area contributed by atoms with Crippen molar-refractivity contribution in [2.24, 2.45) is 0 Å². The molecule has 36 heavy (non-hydrogen) atoms. The fourth-order valence-electron chi connectivity index (χ4n) is 4.02. The van der Waals surface area contributed by atoms with Crippen LogP contribution in [0.1, 0.15) is 49.1 Å². The molecule has 1 aliphatic heterocycles. The van der Waals surface area contributed by atoms with Crippen LogP contribution in [0, 0.1) is 11.3 Å². The van der Waals surface area contributed by atoms with E-state index in [-0.39, 0.29) is 18.0 Å². The van der Waals surface area contributed by atoms with Gasteiger partial charge in [0.2, 0.25) is 5.91 Å². The third-order valence-corrected chi connectivity index (χ3v) is 7.44. The lowest BCUT2D eigenvalue weighted by atomic mass is 10.0. The zero-order chi connectivity index (χ0) is 25.7. The second kappa shape index (κ2) is 11.3. The fraction of sp³-hybridized carbons (Fsp3) is 0.276. The molecule has 7 heteroatoms. The number of thioether (sulfide) groups is 1. The lowest BCUT2D eigenvalue weighted by Crippen LogP contribution is -2.32. The number of benzene rings is 2. The van der Waals surface area contributed by atoms with Gasteiger partial charge in [0.15, 0.2) is 0 Å². The first-order valence-corrected chi connectivity index (χ1v) is 12.9. The smallest absolute Gasteiger partial charge is 0.265 e. The van der Waals surface area contributed by atoms with E-state index >= 15 is 0 Å². The van der Waals surface area contributed by atoms with Crippen LogP contribution in [0.3, 0.4) is 0 Å². The van der Waals surface area contributed by atoms with Crippen molar-refractivity contribution in [3.63, 3.8) is 0 Å². The van der Waals surface area contributed by atoms with Crippen molar-refractivity contribution in [3.8, 4) is 6.07 Å². The summed E-state index contributed by atoms with van der Waals surface area (Å²) in [4.78, 5) is 28.2. The molecule has 1 unspecified atom stereocenters. The van der Waals surface area contributed by atoms with Gasteiger partial charge >= 0.3 is 0 Å². The maximum Gasteiger partial charge on any atom is 0.265 e. The summed E-state index contributed by atoms with van der Waals surface area (Å²) < 4.78 is 5.28. The van der Waals surface area contributed by atoms with E-state index in [1.54, 1.807) is 12.1 Å². The quantitative estimate of drug-likeness (QED) is 0.317. The molecule has 1 N–H and O–H groups in total. The highest BCUT2D eigenvalue weighted by atomic mass is 32.2. The molecule has 0 saturated carbocycles. The van der Waals surface area contributed by atoms with E-state index in [9.17, 15) is 14.9 Å². The van der Waals surface area contributed by atoms with Crippen LogP contribution in [-0.2, 0) is 29.0 Å². The number of furan rings is 1. The molecule has 1 fully saturated rings. The van der Waals surface area contributed by atoms with Crippen molar-refractivity contribution in [2.45, 2.75) is 51.3 Å². The zero-order valence-electron chi connectivity index (χ0n) is 20.7. The van der Waals surface area contributed by atoms with E-state index in [1.807, 2.05) is 42.5 Å². The molecule has 2 amide bonds. The molecule has 1 saturated heterocycles. The molecule has 0 spiro atoms. The number of anilines is 1. The number of nitrogens with one attached hydrogen (secondary N) is 1. The van der Waals surface area contributed by atoms with Crippen LogP contribution in [0.2, 0.25) is 0 Å². The van der Waals surface area contributed by atoms with Gasteiger partial charge in [0.05, 0.1) is 18.1 Å². The van der Waals surface area contributed by atoms with Crippen LogP contribution in [0.15, 0.2) is 81.9 Å². The molecule has 1 aliphatic rings. The Kier molecular flexibility index (Phi) is 7.97. The predicted octanol–water partition coefficient (Wildman–Crippen LogP) is 5.71. The lowest BCUT2D eigenvalue weighted by molar-refractivity contribution is -0.117. The Labute approximate surface area is 216 Å². The molecule has 2 aromatic carbocycles. The highest BCUT2D eigenvalue weighted by molar-refractivity contribution is 8.05. The van der Waals surface area contributed by atoms with Crippen LogP contribution in [0.25, 0.3) is 0 Å². The molecular weight excluding hydrogens is 470 g/mol. The van der Waals surface area contributed by atoms with Gasteiger partial charge in [-0.05, 0) is 59.7 Å². The molecule has 0 radical (unpaired) electrons. The second-order valence-corrected chi connectivity index (χ2v) is 10.1. The summed E-state index contributed by atoms with van der Waals surface area (Å²) in [5, 5.41) is 12.6. The van der Waals surface area contributed by atoms with Gasteiger partial charge in [-0.2, -0.15) is 5.26 Å². The van der Waals surface area contributed by atoms with Crippen molar-refractivity contribution >= 4 is 29.3 Å². The van der Waals surface area contributed by atoms with Crippen molar-refractivity contribution in [3.05, 3.63) is 100.0 Å². The van der Waals surface area contributed by atoms with Gasteiger partial charge in [-0.25, -0.2) is 0 Å². The highest BCUT2D eigenvalue weighted by Crippen LogP contribution is 2.42. The summed E-state index contributed by atoms with van der Waals surface area (Å²) in [6, 6.07) is 21.5. The molecule has 6 nitrogen and oxygen atoms in total. The van der Waals surface area contributed by atoms with E-state index in [0.717, 1.165) is 17.5 Å². The zero-order valence-corrected chi connectivity index (χ0v) is 21.5. The number of hydrogen-bond donors (Lipinski definition) is 1. The van der Waals surface area contributed by atoms with Gasteiger partial charge in [-0.1, -0.05) is 68.9 Å². The van der Waals surface area contributed by atoms with Crippen molar-refractivity contribution in [2.75, 3.05) is 4.90 Å². The molecule has 4 rings (SSSR count).